The molecule has 1 amide bonds. The highest BCUT2D eigenvalue weighted by molar-refractivity contribution is 6.74. The summed E-state index contributed by atoms with van der Waals surface area (Å²) in [6.45, 7) is 11.2. The number of carbonyl (C=O) groups excluding carboxylic acids is 1. The van der Waals surface area contributed by atoms with Gasteiger partial charge in [-0.05, 0) is 59.8 Å². The molecular formula is C19H29N3O4Si. The zero-order chi connectivity index (χ0) is 20.2. The number of methoxy groups -OCH3 is 1. The van der Waals surface area contributed by atoms with Crippen LogP contribution in [0.4, 0.5) is 0 Å². The predicted molar refractivity (Wildman–Crippen MR) is 107 cm³/mol. The number of rotatable bonds is 6. The van der Waals surface area contributed by atoms with Gasteiger partial charge in [-0.25, -0.2) is 0 Å². The van der Waals surface area contributed by atoms with Gasteiger partial charge in [-0.1, -0.05) is 20.8 Å². The van der Waals surface area contributed by atoms with Gasteiger partial charge in [0.2, 0.25) is 5.91 Å². The first-order chi connectivity index (χ1) is 12.6. The van der Waals surface area contributed by atoms with E-state index in [1.165, 1.54) is 0 Å². The van der Waals surface area contributed by atoms with E-state index in [-0.39, 0.29) is 22.8 Å². The average Bonchev–Trinajstić information content (AvgIpc) is 3.00. The number of ether oxygens (including phenoxy) is 2. The Kier molecular flexibility index (Phi) is 6.57. The normalized spacial score (nSPS) is 20.1. The smallest absolute Gasteiger partial charge is 0.249 e. The van der Waals surface area contributed by atoms with Gasteiger partial charge in [0.25, 0.3) is 0 Å². The Bertz CT molecular complexity index is 739. The summed E-state index contributed by atoms with van der Waals surface area (Å²) in [7, 11) is -0.263. The van der Waals surface area contributed by atoms with Crippen LogP contribution in [0.25, 0.3) is 10.4 Å². The molecule has 1 aromatic rings. The van der Waals surface area contributed by atoms with Gasteiger partial charge in [0.1, 0.15) is 6.10 Å². The monoisotopic (exact) mass is 391 g/mol. The minimum absolute atomic E-state index is 0.00140. The van der Waals surface area contributed by atoms with E-state index in [2.05, 4.69) is 43.9 Å². The van der Waals surface area contributed by atoms with Crippen LogP contribution in [0.5, 0.6) is 11.5 Å². The zero-order valence-electron chi connectivity index (χ0n) is 17.0. The summed E-state index contributed by atoms with van der Waals surface area (Å²) in [5.41, 5.74) is 8.72. The van der Waals surface area contributed by atoms with Gasteiger partial charge in [-0.2, -0.15) is 0 Å². The van der Waals surface area contributed by atoms with Gasteiger partial charge < -0.3 is 13.9 Å². The van der Waals surface area contributed by atoms with E-state index in [1.54, 1.807) is 25.3 Å². The minimum atomic E-state index is -1.81. The van der Waals surface area contributed by atoms with Crippen molar-refractivity contribution in [1.82, 2.24) is 0 Å². The van der Waals surface area contributed by atoms with Crippen LogP contribution in [-0.2, 0) is 4.43 Å². The SMILES string of the molecule is COc1ccc(C(=O)N=[N+]=[N-])cc1O[C@@H]1CC[C@@H](O[Si](C)(C)C(C)(C)C)C1. The van der Waals surface area contributed by atoms with Crippen LogP contribution in [0.3, 0.4) is 0 Å². The second-order valence-electron chi connectivity index (χ2n) is 8.41. The maximum absolute atomic E-state index is 11.8. The Balaban J connectivity index is 2.08. The molecule has 1 aliphatic carbocycles. The van der Waals surface area contributed by atoms with Crippen LogP contribution in [0.15, 0.2) is 23.3 Å². The van der Waals surface area contributed by atoms with E-state index in [1.807, 2.05) is 0 Å². The van der Waals surface area contributed by atoms with Crippen LogP contribution in [0, 0.1) is 0 Å². The molecule has 27 heavy (non-hydrogen) atoms. The maximum Gasteiger partial charge on any atom is 0.249 e. The summed E-state index contributed by atoms with van der Waals surface area (Å²) < 4.78 is 18.0. The van der Waals surface area contributed by atoms with E-state index in [0.717, 1.165) is 19.3 Å². The Hall–Kier alpha value is -2.02. The molecule has 0 saturated heterocycles. The van der Waals surface area contributed by atoms with Crippen molar-refractivity contribution in [3.8, 4) is 11.5 Å². The van der Waals surface area contributed by atoms with Crippen LogP contribution < -0.4 is 9.47 Å². The molecule has 8 heteroatoms. The van der Waals surface area contributed by atoms with Crippen LogP contribution in [0.1, 0.15) is 50.4 Å². The summed E-state index contributed by atoms with van der Waals surface area (Å²) in [6, 6.07) is 4.77. The number of nitrogens with zero attached hydrogens (tertiary/aromatic N) is 3. The molecule has 2 rings (SSSR count). The topological polar surface area (TPSA) is 93.5 Å². The Morgan fingerprint density at radius 1 is 1.22 bits per heavy atom. The molecule has 0 radical (unpaired) electrons. The fraction of sp³-hybridized carbons (Fsp3) is 0.632. The second kappa shape index (κ2) is 8.33. The van der Waals surface area contributed by atoms with Gasteiger partial charge >= 0.3 is 0 Å². The summed E-state index contributed by atoms with van der Waals surface area (Å²) in [5.74, 6) is 0.381. The van der Waals surface area contributed by atoms with Gasteiger partial charge in [0, 0.05) is 23.0 Å². The third-order valence-electron chi connectivity index (χ3n) is 5.44. The number of carbonyl (C=O) groups is 1. The molecule has 1 aromatic carbocycles. The van der Waals surface area contributed by atoms with E-state index in [4.69, 9.17) is 19.4 Å². The van der Waals surface area contributed by atoms with Crippen molar-refractivity contribution >= 4 is 14.2 Å². The Morgan fingerprint density at radius 2 is 1.89 bits per heavy atom. The first-order valence-corrected chi connectivity index (χ1v) is 12.1. The van der Waals surface area contributed by atoms with E-state index in [0.29, 0.717) is 11.5 Å². The minimum Gasteiger partial charge on any atom is -0.493 e. The van der Waals surface area contributed by atoms with Crippen molar-refractivity contribution < 1.29 is 18.7 Å². The molecule has 0 heterocycles. The molecule has 0 bridgehead atoms. The molecule has 0 spiro atoms. The lowest BCUT2D eigenvalue weighted by molar-refractivity contribution is 0.0999. The molecule has 7 nitrogen and oxygen atoms in total. The fourth-order valence-corrected chi connectivity index (χ4v) is 4.29. The number of hydrogen-bond donors (Lipinski definition) is 0. The predicted octanol–water partition coefficient (Wildman–Crippen LogP) is 5.47. The lowest BCUT2D eigenvalue weighted by atomic mass is 10.2. The lowest BCUT2D eigenvalue weighted by Crippen LogP contribution is -2.43. The molecule has 0 unspecified atom stereocenters. The Morgan fingerprint density at radius 3 is 2.48 bits per heavy atom. The third kappa shape index (κ3) is 5.25. The largest absolute Gasteiger partial charge is 0.493 e. The van der Waals surface area contributed by atoms with Gasteiger partial charge in [-0.3, -0.25) is 4.79 Å². The molecule has 0 aliphatic heterocycles. The van der Waals surface area contributed by atoms with Crippen molar-refractivity contribution in [2.24, 2.45) is 5.11 Å². The van der Waals surface area contributed by atoms with Crippen molar-refractivity contribution in [2.75, 3.05) is 7.11 Å². The molecule has 2 atom stereocenters. The van der Waals surface area contributed by atoms with Crippen LogP contribution >= 0.6 is 0 Å². The van der Waals surface area contributed by atoms with E-state index < -0.39 is 14.2 Å². The maximum atomic E-state index is 11.8. The van der Waals surface area contributed by atoms with Gasteiger partial charge in [0.05, 0.1) is 7.11 Å². The van der Waals surface area contributed by atoms with Crippen LogP contribution in [0.2, 0.25) is 18.1 Å². The quantitative estimate of drug-likeness (QED) is 0.278. The van der Waals surface area contributed by atoms with Gasteiger partial charge in [0.15, 0.2) is 19.8 Å². The zero-order valence-corrected chi connectivity index (χ0v) is 18.0. The van der Waals surface area contributed by atoms with Crippen molar-refractivity contribution in [1.29, 1.82) is 0 Å². The van der Waals surface area contributed by atoms with Gasteiger partial charge in [-0.15, -0.1) is 0 Å². The summed E-state index contributed by atoms with van der Waals surface area (Å²) in [6.07, 6.45) is 2.84. The third-order valence-corrected chi connectivity index (χ3v) is 9.98. The standard InChI is InChI=1S/C19H29N3O4Si/c1-19(2,3)27(5,6)26-15-9-8-14(12-15)25-17-11-13(18(23)21-22-20)7-10-16(17)24-4/h7,10-11,14-15H,8-9,12H2,1-6H3/t14-,15-/m1/s1. The van der Waals surface area contributed by atoms with Crippen molar-refractivity contribution in [2.45, 2.75) is 70.4 Å². The first kappa shape index (κ1) is 21.3. The van der Waals surface area contributed by atoms with E-state index in [9.17, 15) is 4.79 Å². The summed E-state index contributed by atoms with van der Waals surface area (Å²) in [5, 5.41) is 3.30. The Labute approximate surface area is 161 Å². The molecule has 148 valence electrons. The number of hydrogen-bond acceptors (Lipinski definition) is 4. The summed E-state index contributed by atoms with van der Waals surface area (Å²) >= 11 is 0. The molecule has 1 fully saturated rings. The molecular weight excluding hydrogens is 362 g/mol. The van der Waals surface area contributed by atoms with Crippen LogP contribution in [-0.4, -0.2) is 33.5 Å². The van der Waals surface area contributed by atoms with Crippen molar-refractivity contribution in [3.05, 3.63) is 34.2 Å². The highest BCUT2D eigenvalue weighted by Gasteiger charge is 2.41. The highest BCUT2D eigenvalue weighted by Crippen LogP contribution is 2.40. The average molecular weight is 392 g/mol. The molecule has 0 N–H and O–H groups in total. The first-order valence-electron chi connectivity index (χ1n) is 9.19. The number of amides is 1. The molecule has 1 aliphatic rings. The second-order valence-corrected chi connectivity index (χ2v) is 13.2. The van der Waals surface area contributed by atoms with E-state index >= 15 is 0 Å². The molecule has 1 saturated carbocycles. The summed E-state index contributed by atoms with van der Waals surface area (Å²) in [4.78, 5) is 14.3. The number of benzene rings is 1. The number of azide groups is 1. The lowest BCUT2D eigenvalue weighted by Gasteiger charge is -2.38. The highest BCUT2D eigenvalue weighted by atomic mass is 28.4. The molecule has 0 aromatic heterocycles. The van der Waals surface area contributed by atoms with Crippen molar-refractivity contribution in [3.63, 3.8) is 0 Å². The fourth-order valence-electron chi connectivity index (χ4n) is 2.89.